The van der Waals surface area contributed by atoms with Crippen LogP contribution in [0.2, 0.25) is 0 Å². The minimum atomic E-state index is -0.335. The van der Waals surface area contributed by atoms with E-state index in [2.05, 4.69) is 30.8 Å². The van der Waals surface area contributed by atoms with E-state index in [1.165, 1.54) is 25.0 Å². The van der Waals surface area contributed by atoms with E-state index in [4.69, 9.17) is 4.42 Å². The van der Waals surface area contributed by atoms with Crippen molar-refractivity contribution in [1.82, 2.24) is 9.55 Å². The van der Waals surface area contributed by atoms with Crippen LogP contribution in [0.5, 0.6) is 0 Å². The molecular weight excluding hydrogens is 473 g/mol. The predicted molar refractivity (Wildman–Crippen MR) is 125 cm³/mol. The smallest absolute Gasteiger partial charge is 0.291 e. The number of nitrogens with one attached hydrogen (secondary N) is 1. The normalized spacial score (nSPS) is 14.1. The highest BCUT2D eigenvalue weighted by Crippen LogP contribution is 2.39. The zero-order valence-electron chi connectivity index (χ0n) is 17.2. The fraction of sp³-hybridized carbons (Fsp3) is 0.200. The highest BCUT2D eigenvalue weighted by atomic mass is 79.9. The van der Waals surface area contributed by atoms with E-state index in [1.807, 2.05) is 30.6 Å². The number of rotatable bonds is 5. The number of carbonyl (C=O) groups is 1. The van der Waals surface area contributed by atoms with Crippen LogP contribution in [-0.4, -0.2) is 15.5 Å². The molecule has 0 unspecified atom stereocenters. The summed E-state index contributed by atoms with van der Waals surface area (Å²) in [5.74, 6) is 0.138. The lowest BCUT2D eigenvalue weighted by atomic mass is 10.1. The second-order valence-corrected chi connectivity index (χ2v) is 8.75. The Hall–Kier alpha value is -3.19. The summed E-state index contributed by atoms with van der Waals surface area (Å²) in [4.78, 5) is 17.4. The van der Waals surface area contributed by atoms with Crippen molar-refractivity contribution in [2.45, 2.75) is 31.7 Å². The van der Waals surface area contributed by atoms with Crippen LogP contribution in [0.3, 0.4) is 0 Å². The third-order valence-corrected chi connectivity index (χ3v) is 6.51. The minimum Gasteiger partial charge on any atom is -0.449 e. The Morgan fingerprint density at radius 2 is 1.81 bits per heavy atom. The van der Waals surface area contributed by atoms with Crippen molar-refractivity contribution in [3.05, 3.63) is 83.0 Å². The van der Waals surface area contributed by atoms with Gasteiger partial charge in [-0.15, -0.1) is 0 Å². The molecule has 2 aromatic heterocycles. The zero-order valence-corrected chi connectivity index (χ0v) is 18.8. The maximum atomic E-state index is 13.5. The molecule has 1 aliphatic carbocycles. The lowest BCUT2D eigenvalue weighted by molar-refractivity contribution is 0.0997. The van der Waals surface area contributed by atoms with Crippen molar-refractivity contribution in [2.24, 2.45) is 0 Å². The van der Waals surface area contributed by atoms with E-state index in [0.29, 0.717) is 23.2 Å². The van der Waals surface area contributed by atoms with Crippen LogP contribution >= 0.6 is 15.9 Å². The predicted octanol–water partition coefficient (Wildman–Crippen LogP) is 7.08. The van der Waals surface area contributed by atoms with E-state index in [9.17, 15) is 9.18 Å². The molecule has 0 bridgehead atoms. The van der Waals surface area contributed by atoms with Gasteiger partial charge in [-0.2, -0.15) is 0 Å². The molecule has 5 rings (SSSR count). The summed E-state index contributed by atoms with van der Waals surface area (Å²) in [5.41, 5.74) is 2.99. The van der Waals surface area contributed by atoms with Gasteiger partial charge in [0.1, 0.15) is 11.5 Å². The number of furan rings is 1. The maximum absolute atomic E-state index is 13.5. The molecule has 4 aromatic rings. The molecular formula is C25H21BrFN3O2. The summed E-state index contributed by atoms with van der Waals surface area (Å²) >= 11 is 3.44. The first-order chi connectivity index (χ1) is 15.6. The van der Waals surface area contributed by atoms with Crippen LogP contribution in [0.4, 0.5) is 10.1 Å². The van der Waals surface area contributed by atoms with Crippen LogP contribution in [0.1, 0.15) is 42.3 Å². The van der Waals surface area contributed by atoms with Crippen LogP contribution in [0.25, 0.3) is 22.7 Å². The Kier molecular flexibility index (Phi) is 5.66. The molecule has 0 atom stereocenters. The van der Waals surface area contributed by atoms with Gasteiger partial charge in [-0.25, -0.2) is 9.37 Å². The molecule has 2 aromatic carbocycles. The summed E-state index contributed by atoms with van der Waals surface area (Å²) in [7, 11) is 0. The molecule has 1 amide bonds. The van der Waals surface area contributed by atoms with Gasteiger partial charge < -0.3 is 14.3 Å². The average molecular weight is 494 g/mol. The molecule has 2 heterocycles. The Morgan fingerprint density at radius 3 is 2.56 bits per heavy atom. The third-order valence-electron chi connectivity index (χ3n) is 5.81. The van der Waals surface area contributed by atoms with Gasteiger partial charge >= 0.3 is 0 Å². The van der Waals surface area contributed by atoms with Crippen molar-refractivity contribution >= 4 is 27.5 Å². The zero-order chi connectivity index (χ0) is 22.1. The molecule has 1 fully saturated rings. The Morgan fingerprint density at radius 1 is 1.06 bits per heavy atom. The summed E-state index contributed by atoms with van der Waals surface area (Å²) in [6.45, 7) is 0. The number of anilines is 1. The number of hydrogen-bond acceptors (Lipinski definition) is 3. The molecule has 1 aliphatic rings. The van der Waals surface area contributed by atoms with Crippen LogP contribution in [-0.2, 0) is 0 Å². The first kappa shape index (κ1) is 20.7. The Labute approximate surface area is 193 Å². The summed E-state index contributed by atoms with van der Waals surface area (Å²) in [6.07, 6.45) is 6.32. The van der Waals surface area contributed by atoms with E-state index in [1.54, 1.807) is 24.3 Å². The average Bonchev–Trinajstić information content (AvgIpc) is 3.55. The van der Waals surface area contributed by atoms with Gasteiger partial charge in [0, 0.05) is 16.1 Å². The van der Waals surface area contributed by atoms with Gasteiger partial charge in [-0.1, -0.05) is 25.0 Å². The molecule has 0 radical (unpaired) electrons. The van der Waals surface area contributed by atoms with Gasteiger partial charge in [0.05, 0.1) is 17.7 Å². The molecule has 7 heteroatoms. The number of aromatic nitrogens is 2. The van der Waals surface area contributed by atoms with E-state index in [-0.39, 0.29) is 17.5 Å². The Bertz CT molecular complexity index is 1260. The van der Waals surface area contributed by atoms with Gasteiger partial charge in [0.25, 0.3) is 5.91 Å². The summed E-state index contributed by atoms with van der Waals surface area (Å²) < 4.78 is 22.4. The Balaban J connectivity index is 1.52. The van der Waals surface area contributed by atoms with Crippen molar-refractivity contribution in [3.63, 3.8) is 0 Å². The number of amides is 1. The lowest BCUT2D eigenvalue weighted by Gasteiger charge is -2.15. The first-order valence-corrected chi connectivity index (χ1v) is 11.4. The van der Waals surface area contributed by atoms with Gasteiger partial charge in [0.15, 0.2) is 11.5 Å². The van der Waals surface area contributed by atoms with E-state index in [0.717, 1.165) is 28.6 Å². The van der Waals surface area contributed by atoms with Crippen molar-refractivity contribution in [2.75, 3.05) is 5.32 Å². The van der Waals surface area contributed by atoms with Crippen LogP contribution in [0, 0.1) is 5.82 Å². The maximum Gasteiger partial charge on any atom is 0.291 e. The van der Waals surface area contributed by atoms with Crippen LogP contribution < -0.4 is 5.32 Å². The number of para-hydroxylation sites is 1. The summed E-state index contributed by atoms with van der Waals surface area (Å²) in [5, 5.41) is 2.86. The first-order valence-electron chi connectivity index (χ1n) is 10.6. The molecule has 162 valence electrons. The van der Waals surface area contributed by atoms with Gasteiger partial charge in [-0.05, 0) is 77.3 Å². The third kappa shape index (κ3) is 4.00. The van der Waals surface area contributed by atoms with Gasteiger partial charge in [0.2, 0.25) is 0 Å². The topological polar surface area (TPSA) is 60.1 Å². The molecule has 0 aliphatic heterocycles. The SMILES string of the molecule is O=C(Nc1ccccc1Br)c1ccc(-c2c(-c3ccc(F)cc3)ncn2C2CCCC2)o1. The highest BCUT2D eigenvalue weighted by Gasteiger charge is 2.26. The number of nitrogens with zero attached hydrogens (tertiary/aromatic N) is 2. The number of benzene rings is 2. The van der Waals surface area contributed by atoms with Gasteiger partial charge in [-0.3, -0.25) is 4.79 Å². The highest BCUT2D eigenvalue weighted by molar-refractivity contribution is 9.10. The molecule has 5 nitrogen and oxygen atoms in total. The monoisotopic (exact) mass is 493 g/mol. The lowest BCUT2D eigenvalue weighted by Crippen LogP contribution is -2.11. The molecule has 32 heavy (non-hydrogen) atoms. The second kappa shape index (κ2) is 8.74. The largest absolute Gasteiger partial charge is 0.449 e. The molecule has 1 saturated carbocycles. The quantitative estimate of drug-likeness (QED) is 0.323. The number of halogens is 2. The number of carbonyl (C=O) groups excluding carboxylic acids is 1. The van der Waals surface area contributed by atoms with E-state index < -0.39 is 0 Å². The standard InChI is InChI=1S/C25H21BrFN3O2/c26-19-7-3-4-8-20(19)29-25(31)22-14-13-21(32-22)24-23(16-9-11-17(27)12-10-16)28-15-30(24)18-5-1-2-6-18/h3-4,7-15,18H,1-2,5-6H2,(H,29,31). The molecule has 1 N–H and O–H groups in total. The van der Waals surface area contributed by atoms with E-state index >= 15 is 0 Å². The molecule has 0 spiro atoms. The number of hydrogen-bond donors (Lipinski definition) is 1. The van der Waals surface area contributed by atoms with Crippen molar-refractivity contribution < 1.29 is 13.6 Å². The minimum absolute atomic E-state index is 0.208. The second-order valence-electron chi connectivity index (χ2n) is 7.89. The molecule has 0 saturated heterocycles. The summed E-state index contributed by atoms with van der Waals surface area (Å²) in [6, 6.07) is 17.5. The fourth-order valence-corrected chi connectivity index (χ4v) is 4.60. The van der Waals surface area contributed by atoms with Crippen molar-refractivity contribution in [3.8, 4) is 22.7 Å². The van der Waals surface area contributed by atoms with Crippen LogP contribution in [0.15, 0.2) is 75.9 Å². The van der Waals surface area contributed by atoms with Crippen molar-refractivity contribution in [1.29, 1.82) is 0 Å². The number of imidazole rings is 1. The fourth-order valence-electron chi connectivity index (χ4n) is 4.22.